The molecule has 4 heteroatoms. The third kappa shape index (κ3) is 4.80. The molecule has 15 heavy (non-hydrogen) atoms. The van der Waals surface area contributed by atoms with E-state index in [0.717, 1.165) is 17.3 Å². The first kappa shape index (κ1) is 12.0. The minimum absolute atomic E-state index is 0.149. The lowest BCUT2D eigenvalue weighted by Crippen LogP contribution is -2.01. The van der Waals surface area contributed by atoms with Crippen molar-refractivity contribution in [2.45, 2.75) is 13.0 Å². The van der Waals surface area contributed by atoms with Crippen molar-refractivity contribution in [2.75, 3.05) is 5.33 Å². The molecule has 0 N–H and O–H groups in total. The Morgan fingerprint density at radius 1 is 1.27 bits per heavy atom. The monoisotopic (exact) mass is 274 g/mol. The summed E-state index contributed by atoms with van der Waals surface area (Å²) in [6.07, 6.45) is 0.759. The van der Waals surface area contributed by atoms with Crippen LogP contribution in [0.1, 0.15) is 12.0 Å². The number of benzene rings is 1. The quantitative estimate of drug-likeness (QED) is 0.606. The molecule has 0 aliphatic carbocycles. The lowest BCUT2D eigenvalue weighted by molar-refractivity contribution is -0.0498. The first-order valence-corrected chi connectivity index (χ1v) is 5.44. The summed E-state index contributed by atoms with van der Waals surface area (Å²) in [7, 11) is 0. The van der Waals surface area contributed by atoms with Gasteiger partial charge in [-0.05, 0) is 24.3 Å². The third-order valence-electron chi connectivity index (χ3n) is 1.53. The van der Waals surface area contributed by atoms with Gasteiger partial charge in [-0.2, -0.15) is 8.78 Å². The molecule has 0 aromatic heterocycles. The van der Waals surface area contributed by atoms with E-state index in [1.165, 1.54) is 12.1 Å². The Kier molecular flexibility index (Phi) is 5.13. The molecule has 0 saturated heterocycles. The lowest BCUT2D eigenvalue weighted by Gasteiger charge is -2.02. The molecule has 1 aromatic rings. The second-order valence-corrected chi connectivity index (χ2v) is 3.44. The molecule has 0 spiro atoms. The summed E-state index contributed by atoms with van der Waals surface area (Å²) in [5.41, 5.74) is 0.789. The van der Waals surface area contributed by atoms with Gasteiger partial charge in [0.2, 0.25) is 0 Å². The fraction of sp³-hybridized carbons (Fsp3) is 0.273. The molecule has 0 aliphatic rings. The highest BCUT2D eigenvalue weighted by Crippen LogP contribution is 2.14. The van der Waals surface area contributed by atoms with E-state index in [4.69, 9.17) is 0 Å². The largest absolute Gasteiger partial charge is 0.435 e. The van der Waals surface area contributed by atoms with Gasteiger partial charge < -0.3 is 4.74 Å². The summed E-state index contributed by atoms with van der Waals surface area (Å²) in [5, 5.41) is 0.826. The van der Waals surface area contributed by atoms with E-state index in [2.05, 4.69) is 32.5 Å². The van der Waals surface area contributed by atoms with Crippen LogP contribution >= 0.6 is 15.9 Å². The van der Waals surface area contributed by atoms with Crippen LogP contribution in [-0.2, 0) is 0 Å². The summed E-state index contributed by atoms with van der Waals surface area (Å²) in [5.74, 6) is 5.98. The Labute approximate surface area is 95.6 Å². The second kappa shape index (κ2) is 6.41. The van der Waals surface area contributed by atoms with Crippen LogP contribution in [0.4, 0.5) is 8.78 Å². The molecule has 0 fully saturated rings. The first-order chi connectivity index (χ1) is 7.22. The Balaban J connectivity index is 2.61. The molecular weight excluding hydrogens is 266 g/mol. The van der Waals surface area contributed by atoms with E-state index in [-0.39, 0.29) is 5.75 Å². The van der Waals surface area contributed by atoms with Gasteiger partial charge in [-0.3, -0.25) is 0 Å². The van der Waals surface area contributed by atoms with Gasteiger partial charge in [0.1, 0.15) is 5.75 Å². The van der Waals surface area contributed by atoms with E-state index in [9.17, 15) is 8.78 Å². The van der Waals surface area contributed by atoms with Crippen LogP contribution in [0.2, 0.25) is 0 Å². The Bertz CT molecular complexity index is 351. The second-order valence-electron chi connectivity index (χ2n) is 2.64. The van der Waals surface area contributed by atoms with E-state index in [0.29, 0.717) is 0 Å². The molecule has 0 aliphatic heterocycles. The van der Waals surface area contributed by atoms with Crippen molar-refractivity contribution in [3.05, 3.63) is 29.8 Å². The summed E-state index contributed by atoms with van der Waals surface area (Å²) < 4.78 is 27.8. The fourth-order valence-corrected chi connectivity index (χ4v) is 1.13. The van der Waals surface area contributed by atoms with Crippen molar-refractivity contribution in [1.82, 2.24) is 0 Å². The third-order valence-corrected chi connectivity index (χ3v) is 1.93. The van der Waals surface area contributed by atoms with Crippen LogP contribution in [0.3, 0.4) is 0 Å². The number of ether oxygens (including phenoxy) is 1. The predicted octanol–water partition coefficient (Wildman–Crippen LogP) is 3.42. The summed E-state index contributed by atoms with van der Waals surface area (Å²) in [4.78, 5) is 0. The van der Waals surface area contributed by atoms with Gasteiger partial charge in [0.05, 0.1) is 0 Å². The Morgan fingerprint density at radius 3 is 2.47 bits per heavy atom. The molecular formula is C11H9BrF2O. The minimum atomic E-state index is -2.78. The molecule has 0 heterocycles. The van der Waals surface area contributed by atoms with Crippen molar-refractivity contribution in [1.29, 1.82) is 0 Å². The highest BCUT2D eigenvalue weighted by molar-refractivity contribution is 9.09. The van der Waals surface area contributed by atoms with Crippen molar-refractivity contribution in [3.8, 4) is 17.6 Å². The SMILES string of the molecule is FC(F)Oc1ccc(C#CCCBr)cc1. The van der Waals surface area contributed by atoms with E-state index < -0.39 is 6.61 Å². The fourth-order valence-electron chi connectivity index (χ4n) is 0.932. The normalized spacial score (nSPS) is 9.60. The minimum Gasteiger partial charge on any atom is -0.435 e. The van der Waals surface area contributed by atoms with Gasteiger partial charge in [-0.15, -0.1) is 0 Å². The summed E-state index contributed by atoms with van der Waals surface area (Å²) >= 11 is 3.26. The molecule has 0 amide bonds. The van der Waals surface area contributed by atoms with Gasteiger partial charge in [0.15, 0.2) is 0 Å². The topological polar surface area (TPSA) is 9.23 Å². The summed E-state index contributed by atoms with van der Waals surface area (Å²) in [6, 6.07) is 6.26. The van der Waals surface area contributed by atoms with Gasteiger partial charge in [-0.1, -0.05) is 27.8 Å². The number of hydrogen-bond acceptors (Lipinski definition) is 1. The van der Waals surface area contributed by atoms with Crippen LogP contribution in [0.25, 0.3) is 0 Å². The van der Waals surface area contributed by atoms with Gasteiger partial charge in [0, 0.05) is 17.3 Å². The van der Waals surface area contributed by atoms with E-state index in [1.54, 1.807) is 12.1 Å². The Hall–Kier alpha value is -1.08. The predicted molar refractivity (Wildman–Crippen MR) is 58.4 cm³/mol. The number of halogens is 3. The highest BCUT2D eigenvalue weighted by atomic mass is 79.9. The van der Waals surface area contributed by atoms with Gasteiger partial charge >= 0.3 is 6.61 Å². The smallest absolute Gasteiger partial charge is 0.387 e. The molecule has 1 aromatic carbocycles. The lowest BCUT2D eigenvalue weighted by atomic mass is 10.2. The zero-order chi connectivity index (χ0) is 11.1. The van der Waals surface area contributed by atoms with Crippen molar-refractivity contribution < 1.29 is 13.5 Å². The molecule has 0 unspecified atom stereocenters. The van der Waals surface area contributed by atoms with Crippen LogP contribution < -0.4 is 4.74 Å². The molecule has 0 bridgehead atoms. The zero-order valence-corrected chi connectivity index (χ0v) is 9.43. The van der Waals surface area contributed by atoms with E-state index >= 15 is 0 Å². The van der Waals surface area contributed by atoms with Gasteiger partial charge in [0.25, 0.3) is 0 Å². The molecule has 80 valence electrons. The van der Waals surface area contributed by atoms with Crippen LogP contribution in [0.5, 0.6) is 5.75 Å². The first-order valence-electron chi connectivity index (χ1n) is 4.32. The maximum atomic E-state index is 11.8. The van der Waals surface area contributed by atoms with Gasteiger partial charge in [-0.25, -0.2) is 0 Å². The highest BCUT2D eigenvalue weighted by Gasteiger charge is 2.02. The van der Waals surface area contributed by atoms with Crippen molar-refractivity contribution >= 4 is 15.9 Å². The molecule has 0 radical (unpaired) electrons. The Morgan fingerprint density at radius 2 is 1.93 bits per heavy atom. The van der Waals surface area contributed by atoms with Crippen LogP contribution in [-0.4, -0.2) is 11.9 Å². The van der Waals surface area contributed by atoms with Crippen molar-refractivity contribution in [2.24, 2.45) is 0 Å². The van der Waals surface area contributed by atoms with Crippen LogP contribution in [0, 0.1) is 11.8 Å². The van der Waals surface area contributed by atoms with Crippen LogP contribution in [0.15, 0.2) is 24.3 Å². The zero-order valence-electron chi connectivity index (χ0n) is 7.84. The maximum Gasteiger partial charge on any atom is 0.387 e. The summed E-state index contributed by atoms with van der Waals surface area (Å²) in [6.45, 7) is -2.78. The standard InChI is InChI=1S/C11H9BrF2O/c12-8-2-1-3-9-4-6-10(7-5-9)15-11(13)14/h4-7,11H,2,8H2. The molecule has 0 saturated carbocycles. The van der Waals surface area contributed by atoms with Crippen molar-refractivity contribution in [3.63, 3.8) is 0 Å². The maximum absolute atomic E-state index is 11.8. The molecule has 1 nitrogen and oxygen atoms in total. The average molecular weight is 275 g/mol. The average Bonchev–Trinajstić information content (AvgIpc) is 2.20. The number of alkyl halides is 3. The van der Waals surface area contributed by atoms with E-state index in [1.807, 2.05) is 0 Å². The number of hydrogen-bond donors (Lipinski definition) is 0. The molecule has 0 atom stereocenters. The molecule has 1 rings (SSSR count). The number of rotatable bonds is 3.